The molecule has 1 N–H and O–H groups in total. The summed E-state index contributed by atoms with van der Waals surface area (Å²) in [5.41, 5.74) is 0. The molecule has 0 amide bonds. The zero-order valence-corrected chi connectivity index (χ0v) is 6.25. The Morgan fingerprint density at radius 2 is 2.60 bits per heavy atom. The third-order valence-electron chi connectivity index (χ3n) is 1.73. The van der Waals surface area contributed by atoms with Gasteiger partial charge in [0.25, 0.3) is 0 Å². The Hall–Kier alpha value is -0.120. The second-order valence-electron chi connectivity index (χ2n) is 2.57. The van der Waals surface area contributed by atoms with Crippen molar-refractivity contribution in [2.24, 2.45) is 0 Å². The van der Waals surface area contributed by atoms with Gasteiger partial charge in [0.05, 0.1) is 12.7 Å². The summed E-state index contributed by atoms with van der Waals surface area (Å²) in [6, 6.07) is 0. The van der Waals surface area contributed by atoms with Gasteiger partial charge in [-0.2, -0.15) is 0 Å². The summed E-state index contributed by atoms with van der Waals surface area (Å²) in [5, 5.41) is 9.30. The number of hydrogen-bond acceptors (Lipinski definition) is 3. The number of hydrogen-bond donors (Lipinski definition) is 1. The lowest BCUT2D eigenvalue weighted by Gasteiger charge is -2.15. The van der Waals surface area contributed by atoms with Crippen molar-refractivity contribution in [2.45, 2.75) is 25.0 Å². The number of rotatable bonds is 3. The molecule has 1 aliphatic heterocycles. The zero-order chi connectivity index (χ0) is 7.40. The highest BCUT2D eigenvalue weighted by Crippen LogP contribution is 2.15. The standard InChI is InChI=1S/C7H14O3/c1-9-5-6(8)7-3-2-4-10-7/h6-8H,2-5H2,1H3. The van der Waals surface area contributed by atoms with Gasteiger partial charge in [-0.3, -0.25) is 0 Å². The lowest BCUT2D eigenvalue weighted by atomic mass is 10.1. The number of aliphatic hydroxyl groups excluding tert-OH is 1. The molecule has 0 saturated carbocycles. The largest absolute Gasteiger partial charge is 0.388 e. The normalized spacial score (nSPS) is 28.8. The van der Waals surface area contributed by atoms with Gasteiger partial charge in [0.15, 0.2) is 0 Å². The second kappa shape index (κ2) is 3.91. The van der Waals surface area contributed by atoms with E-state index in [0.717, 1.165) is 19.4 Å². The minimum Gasteiger partial charge on any atom is -0.388 e. The Bertz CT molecular complexity index is 88.9. The van der Waals surface area contributed by atoms with Gasteiger partial charge in [-0.15, -0.1) is 0 Å². The number of ether oxygens (including phenoxy) is 2. The molecule has 0 radical (unpaired) electrons. The average Bonchev–Trinajstić information content (AvgIpc) is 2.38. The van der Waals surface area contributed by atoms with E-state index in [1.807, 2.05) is 0 Å². The van der Waals surface area contributed by atoms with E-state index in [1.54, 1.807) is 7.11 Å². The summed E-state index contributed by atoms with van der Waals surface area (Å²) in [6.45, 7) is 1.16. The summed E-state index contributed by atoms with van der Waals surface area (Å²) < 4.78 is 10.0. The van der Waals surface area contributed by atoms with Crippen LogP contribution in [0.2, 0.25) is 0 Å². The minimum absolute atomic E-state index is 0.0138. The average molecular weight is 146 g/mol. The Balaban J connectivity index is 2.18. The Labute approximate surface area is 60.9 Å². The molecule has 2 unspecified atom stereocenters. The first-order valence-corrected chi connectivity index (χ1v) is 3.63. The van der Waals surface area contributed by atoms with Crippen LogP contribution in [0.5, 0.6) is 0 Å². The molecule has 3 nitrogen and oxygen atoms in total. The topological polar surface area (TPSA) is 38.7 Å². The van der Waals surface area contributed by atoms with Crippen LogP contribution in [0.25, 0.3) is 0 Å². The van der Waals surface area contributed by atoms with E-state index in [0.29, 0.717) is 6.61 Å². The van der Waals surface area contributed by atoms with E-state index >= 15 is 0 Å². The van der Waals surface area contributed by atoms with Gasteiger partial charge in [0, 0.05) is 13.7 Å². The molecule has 0 bridgehead atoms. The van der Waals surface area contributed by atoms with E-state index in [-0.39, 0.29) is 6.10 Å². The predicted molar refractivity (Wildman–Crippen MR) is 36.9 cm³/mol. The first-order valence-electron chi connectivity index (χ1n) is 3.63. The molecule has 0 spiro atoms. The molecule has 10 heavy (non-hydrogen) atoms. The molecule has 0 aliphatic carbocycles. The van der Waals surface area contributed by atoms with Crippen molar-refractivity contribution in [2.75, 3.05) is 20.3 Å². The van der Waals surface area contributed by atoms with E-state index in [9.17, 15) is 5.11 Å². The van der Waals surface area contributed by atoms with Crippen LogP contribution < -0.4 is 0 Å². The van der Waals surface area contributed by atoms with Gasteiger partial charge >= 0.3 is 0 Å². The van der Waals surface area contributed by atoms with Gasteiger partial charge < -0.3 is 14.6 Å². The van der Waals surface area contributed by atoms with E-state index in [4.69, 9.17) is 9.47 Å². The summed E-state index contributed by atoms with van der Waals surface area (Å²) in [4.78, 5) is 0. The molecule has 3 heteroatoms. The van der Waals surface area contributed by atoms with Gasteiger partial charge in [0.2, 0.25) is 0 Å². The first kappa shape index (κ1) is 7.98. The third-order valence-corrected chi connectivity index (χ3v) is 1.73. The fraction of sp³-hybridized carbons (Fsp3) is 1.00. The smallest absolute Gasteiger partial charge is 0.103 e. The molecule has 0 aromatic heterocycles. The van der Waals surface area contributed by atoms with Crippen LogP contribution in [0.1, 0.15) is 12.8 Å². The predicted octanol–water partition coefficient (Wildman–Crippen LogP) is 0.173. The van der Waals surface area contributed by atoms with Crippen molar-refractivity contribution in [3.8, 4) is 0 Å². The molecule has 1 rings (SSSR count). The molecule has 60 valence electrons. The van der Waals surface area contributed by atoms with Crippen LogP contribution in [-0.2, 0) is 9.47 Å². The quantitative estimate of drug-likeness (QED) is 0.617. The lowest BCUT2D eigenvalue weighted by molar-refractivity contribution is -0.0380. The summed E-state index contributed by atoms with van der Waals surface area (Å²) in [7, 11) is 1.58. The van der Waals surface area contributed by atoms with E-state index in [2.05, 4.69) is 0 Å². The highest BCUT2D eigenvalue weighted by Gasteiger charge is 2.23. The second-order valence-corrected chi connectivity index (χ2v) is 2.57. The maximum Gasteiger partial charge on any atom is 0.103 e. The fourth-order valence-electron chi connectivity index (χ4n) is 1.18. The molecule has 1 saturated heterocycles. The van der Waals surface area contributed by atoms with E-state index < -0.39 is 6.10 Å². The van der Waals surface area contributed by atoms with Crippen LogP contribution in [0.3, 0.4) is 0 Å². The Morgan fingerprint density at radius 3 is 3.10 bits per heavy atom. The van der Waals surface area contributed by atoms with Gasteiger partial charge in [-0.25, -0.2) is 0 Å². The van der Waals surface area contributed by atoms with Crippen LogP contribution in [0, 0.1) is 0 Å². The van der Waals surface area contributed by atoms with Crippen LogP contribution >= 0.6 is 0 Å². The molecular formula is C7H14O3. The van der Waals surface area contributed by atoms with Crippen molar-refractivity contribution in [1.82, 2.24) is 0 Å². The number of methoxy groups -OCH3 is 1. The Kier molecular flexibility index (Phi) is 3.12. The van der Waals surface area contributed by atoms with Crippen molar-refractivity contribution in [3.05, 3.63) is 0 Å². The van der Waals surface area contributed by atoms with Crippen LogP contribution in [-0.4, -0.2) is 37.6 Å². The highest BCUT2D eigenvalue weighted by molar-refractivity contribution is 4.72. The van der Waals surface area contributed by atoms with Crippen LogP contribution in [0.4, 0.5) is 0 Å². The molecular weight excluding hydrogens is 132 g/mol. The van der Waals surface area contributed by atoms with Gasteiger partial charge in [-0.1, -0.05) is 0 Å². The summed E-state index contributed by atoms with van der Waals surface area (Å²) in [6.07, 6.45) is 1.60. The molecule has 0 aromatic carbocycles. The van der Waals surface area contributed by atoms with Crippen molar-refractivity contribution >= 4 is 0 Å². The lowest BCUT2D eigenvalue weighted by Crippen LogP contribution is -2.29. The first-order chi connectivity index (χ1) is 4.84. The molecule has 2 atom stereocenters. The van der Waals surface area contributed by atoms with Crippen molar-refractivity contribution in [3.63, 3.8) is 0 Å². The maximum absolute atomic E-state index is 9.30. The molecule has 1 aliphatic rings. The maximum atomic E-state index is 9.30. The zero-order valence-electron chi connectivity index (χ0n) is 6.25. The van der Waals surface area contributed by atoms with Gasteiger partial charge in [-0.05, 0) is 12.8 Å². The highest BCUT2D eigenvalue weighted by atomic mass is 16.5. The number of aliphatic hydroxyl groups is 1. The SMILES string of the molecule is COCC(O)C1CCCO1. The molecule has 0 aromatic rings. The monoisotopic (exact) mass is 146 g/mol. The van der Waals surface area contributed by atoms with Crippen molar-refractivity contribution < 1.29 is 14.6 Å². The minimum atomic E-state index is -0.438. The Morgan fingerprint density at radius 1 is 1.80 bits per heavy atom. The van der Waals surface area contributed by atoms with Crippen LogP contribution in [0.15, 0.2) is 0 Å². The third kappa shape index (κ3) is 1.94. The summed E-state index contributed by atoms with van der Waals surface area (Å²) in [5.74, 6) is 0. The molecule has 1 fully saturated rings. The van der Waals surface area contributed by atoms with Gasteiger partial charge in [0.1, 0.15) is 6.10 Å². The van der Waals surface area contributed by atoms with Crippen molar-refractivity contribution in [1.29, 1.82) is 0 Å². The fourth-order valence-corrected chi connectivity index (χ4v) is 1.18. The van der Waals surface area contributed by atoms with E-state index in [1.165, 1.54) is 0 Å². The molecule has 1 heterocycles. The summed E-state index contributed by atoms with van der Waals surface area (Å²) >= 11 is 0.